The van der Waals surface area contributed by atoms with Gasteiger partial charge in [-0.15, -0.1) is 12.4 Å². The van der Waals surface area contributed by atoms with Crippen LogP contribution in [0.1, 0.15) is 16.1 Å². The van der Waals surface area contributed by atoms with Crippen LogP contribution in [0.3, 0.4) is 0 Å². The van der Waals surface area contributed by atoms with Crippen molar-refractivity contribution in [1.29, 1.82) is 0 Å². The van der Waals surface area contributed by atoms with E-state index in [1.54, 1.807) is 18.2 Å². The fraction of sp³-hybridized carbons (Fsp3) is 0.286. The first kappa shape index (κ1) is 15.4. The number of carboxylic acid groups (broad SMARTS) is 1. The summed E-state index contributed by atoms with van der Waals surface area (Å²) in [7, 11) is 4.06. The lowest BCUT2D eigenvalue weighted by Crippen LogP contribution is -2.15. The number of rotatable bonds is 4. The van der Waals surface area contributed by atoms with Gasteiger partial charge in [-0.3, -0.25) is 4.98 Å². The number of aromatic nitrogens is 1. The zero-order valence-electron chi connectivity index (χ0n) is 11.0. The Hall–Kier alpha value is -1.65. The van der Waals surface area contributed by atoms with E-state index in [1.165, 1.54) is 0 Å². The molecule has 0 aliphatic carbocycles. The number of nitrogens with zero attached hydrogens (tertiary/aromatic N) is 2. The average Bonchev–Trinajstić information content (AvgIpc) is 2.35. The summed E-state index contributed by atoms with van der Waals surface area (Å²) in [5.74, 6) is -0.909. The van der Waals surface area contributed by atoms with Crippen molar-refractivity contribution < 1.29 is 9.90 Å². The molecule has 0 unspecified atom stereocenters. The van der Waals surface area contributed by atoms with Gasteiger partial charge in [0, 0.05) is 24.0 Å². The molecular formula is C14H17ClN2O2. The SMILES string of the molecule is CN(C)CCc1ccc2cc(C(=O)O)ccc2n1.Cl. The van der Waals surface area contributed by atoms with Crippen LogP contribution in [0.2, 0.25) is 0 Å². The second kappa shape index (κ2) is 6.50. The summed E-state index contributed by atoms with van der Waals surface area (Å²) in [5.41, 5.74) is 2.17. The van der Waals surface area contributed by atoms with E-state index >= 15 is 0 Å². The van der Waals surface area contributed by atoms with Crippen molar-refractivity contribution in [2.24, 2.45) is 0 Å². The first-order valence-corrected chi connectivity index (χ1v) is 5.84. The highest BCUT2D eigenvalue weighted by Crippen LogP contribution is 2.15. The summed E-state index contributed by atoms with van der Waals surface area (Å²) in [6, 6.07) is 8.89. The molecule has 0 radical (unpaired) electrons. The second-order valence-electron chi connectivity index (χ2n) is 4.57. The van der Waals surface area contributed by atoms with Gasteiger partial charge in [-0.25, -0.2) is 4.79 Å². The van der Waals surface area contributed by atoms with Gasteiger partial charge in [0.25, 0.3) is 0 Å². The van der Waals surface area contributed by atoms with Crippen molar-refractivity contribution in [3.8, 4) is 0 Å². The van der Waals surface area contributed by atoms with Crippen LogP contribution < -0.4 is 0 Å². The van der Waals surface area contributed by atoms with E-state index < -0.39 is 5.97 Å². The van der Waals surface area contributed by atoms with Crippen molar-refractivity contribution in [3.05, 3.63) is 41.6 Å². The first-order chi connectivity index (χ1) is 8.56. The van der Waals surface area contributed by atoms with Gasteiger partial charge in [0.1, 0.15) is 0 Å². The fourth-order valence-corrected chi connectivity index (χ4v) is 1.78. The largest absolute Gasteiger partial charge is 0.478 e. The number of hydrogen-bond acceptors (Lipinski definition) is 3. The van der Waals surface area contributed by atoms with Crippen LogP contribution in [-0.2, 0) is 6.42 Å². The monoisotopic (exact) mass is 280 g/mol. The van der Waals surface area contributed by atoms with E-state index in [1.807, 2.05) is 26.2 Å². The molecule has 2 rings (SSSR count). The molecule has 1 heterocycles. The number of benzene rings is 1. The Morgan fingerprint density at radius 2 is 2.00 bits per heavy atom. The Morgan fingerprint density at radius 1 is 1.26 bits per heavy atom. The third-order valence-corrected chi connectivity index (χ3v) is 2.81. The molecule has 0 fully saturated rings. The standard InChI is InChI=1S/C14H16N2O2.ClH/c1-16(2)8-7-12-5-3-10-9-11(14(17)18)4-6-13(10)15-12;/h3-6,9H,7-8H2,1-2H3,(H,17,18);1H. The smallest absolute Gasteiger partial charge is 0.335 e. The summed E-state index contributed by atoms with van der Waals surface area (Å²) >= 11 is 0. The zero-order chi connectivity index (χ0) is 13.1. The minimum atomic E-state index is -0.909. The molecule has 0 aliphatic rings. The van der Waals surface area contributed by atoms with E-state index in [0.717, 1.165) is 29.6 Å². The van der Waals surface area contributed by atoms with Gasteiger partial charge in [0.2, 0.25) is 0 Å². The quantitative estimate of drug-likeness (QED) is 0.935. The number of carboxylic acids is 1. The van der Waals surface area contributed by atoms with Crippen LogP contribution in [0.5, 0.6) is 0 Å². The van der Waals surface area contributed by atoms with Crippen molar-refractivity contribution in [2.75, 3.05) is 20.6 Å². The topological polar surface area (TPSA) is 53.4 Å². The number of likely N-dealkylation sites (N-methyl/N-ethyl adjacent to an activating group) is 1. The minimum Gasteiger partial charge on any atom is -0.478 e. The molecule has 0 saturated heterocycles. The van der Waals surface area contributed by atoms with E-state index in [0.29, 0.717) is 5.56 Å². The summed E-state index contributed by atoms with van der Waals surface area (Å²) in [6.45, 7) is 0.950. The highest BCUT2D eigenvalue weighted by atomic mass is 35.5. The second-order valence-corrected chi connectivity index (χ2v) is 4.57. The van der Waals surface area contributed by atoms with E-state index in [4.69, 9.17) is 5.11 Å². The first-order valence-electron chi connectivity index (χ1n) is 5.84. The van der Waals surface area contributed by atoms with Crippen molar-refractivity contribution in [3.63, 3.8) is 0 Å². The molecular weight excluding hydrogens is 264 g/mol. The molecule has 2 aromatic rings. The summed E-state index contributed by atoms with van der Waals surface area (Å²) in [4.78, 5) is 17.5. The molecule has 0 amide bonds. The Kier molecular flexibility index (Phi) is 5.27. The lowest BCUT2D eigenvalue weighted by molar-refractivity contribution is 0.0697. The van der Waals surface area contributed by atoms with Gasteiger partial charge in [0.15, 0.2) is 0 Å². The molecule has 0 atom stereocenters. The molecule has 1 N–H and O–H groups in total. The highest BCUT2D eigenvalue weighted by Gasteiger charge is 2.05. The van der Waals surface area contributed by atoms with Gasteiger partial charge < -0.3 is 10.0 Å². The van der Waals surface area contributed by atoms with Gasteiger partial charge in [-0.1, -0.05) is 6.07 Å². The average molecular weight is 281 g/mol. The number of fused-ring (bicyclic) bond motifs is 1. The van der Waals surface area contributed by atoms with Crippen LogP contribution in [0.4, 0.5) is 0 Å². The molecule has 4 nitrogen and oxygen atoms in total. The van der Waals surface area contributed by atoms with Gasteiger partial charge in [0.05, 0.1) is 11.1 Å². The number of aromatic carboxylic acids is 1. The third kappa shape index (κ3) is 3.91. The Labute approximate surface area is 118 Å². The van der Waals surface area contributed by atoms with Crippen LogP contribution in [0.15, 0.2) is 30.3 Å². The number of halogens is 1. The lowest BCUT2D eigenvalue weighted by Gasteiger charge is -2.09. The fourth-order valence-electron chi connectivity index (χ4n) is 1.78. The molecule has 0 spiro atoms. The van der Waals surface area contributed by atoms with Gasteiger partial charge >= 0.3 is 5.97 Å². The molecule has 0 bridgehead atoms. The molecule has 5 heteroatoms. The maximum atomic E-state index is 10.9. The third-order valence-electron chi connectivity index (χ3n) is 2.81. The van der Waals surface area contributed by atoms with Crippen molar-refractivity contribution >= 4 is 29.3 Å². The normalized spacial score (nSPS) is 10.5. The zero-order valence-corrected chi connectivity index (χ0v) is 11.8. The Morgan fingerprint density at radius 3 is 2.63 bits per heavy atom. The number of carbonyl (C=O) groups is 1. The minimum absolute atomic E-state index is 0. The summed E-state index contributed by atoms with van der Waals surface area (Å²) in [5, 5.41) is 9.78. The van der Waals surface area contributed by atoms with Crippen LogP contribution in [-0.4, -0.2) is 41.6 Å². The summed E-state index contributed by atoms with van der Waals surface area (Å²) < 4.78 is 0. The van der Waals surface area contributed by atoms with Crippen molar-refractivity contribution in [1.82, 2.24) is 9.88 Å². The van der Waals surface area contributed by atoms with E-state index in [2.05, 4.69) is 9.88 Å². The van der Waals surface area contributed by atoms with Crippen LogP contribution in [0, 0.1) is 0 Å². The van der Waals surface area contributed by atoms with Crippen LogP contribution in [0.25, 0.3) is 10.9 Å². The van der Waals surface area contributed by atoms with Crippen LogP contribution >= 0.6 is 12.4 Å². The van der Waals surface area contributed by atoms with E-state index in [9.17, 15) is 4.79 Å². The predicted octanol–water partition coefficient (Wildman–Crippen LogP) is 2.46. The Bertz CT molecular complexity index is 585. The van der Waals surface area contributed by atoms with Gasteiger partial charge in [-0.2, -0.15) is 0 Å². The molecule has 0 saturated carbocycles. The molecule has 19 heavy (non-hydrogen) atoms. The number of pyridine rings is 1. The molecule has 0 aliphatic heterocycles. The maximum Gasteiger partial charge on any atom is 0.335 e. The van der Waals surface area contributed by atoms with E-state index in [-0.39, 0.29) is 12.4 Å². The molecule has 1 aromatic carbocycles. The van der Waals surface area contributed by atoms with Crippen molar-refractivity contribution in [2.45, 2.75) is 6.42 Å². The Balaban J connectivity index is 0.00000180. The van der Waals surface area contributed by atoms with Gasteiger partial charge in [-0.05, 0) is 38.4 Å². The lowest BCUT2D eigenvalue weighted by atomic mass is 10.1. The highest BCUT2D eigenvalue weighted by molar-refractivity contribution is 5.93. The summed E-state index contributed by atoms with van der Waals surface area (Å²) in [6.07, 6.45) is 0.892. The molecule has 102 valence electrons. The predicted molar refractivity (Wildman–Crippen MR) is 78.2 cm³/mol. The number of hydrogen-bond donors (Lipinski definition) is 1. The maximum absolute atomic E-state index is 10.9. The molecule has 1 aromatic heterocycles.